The van der Waals surface area contributed by atoms with Crippen molar-refractivity contribution in [2.75, 3.05) is 39.6 Å². The highest BCUT2D eigenvalue weighted by Crippen LogP contribution is 2.46. The van der Waals surface area contributed by atoms with Gasteiger partial charge < -0.3 is 29.0 Å². The Bertz CT molecular complexity index is 1410. The van der Waals surface area contributed by atoms with E-state index >= 15 is 0 Å². The number of aliphatic hydroxyl groups excluding tert-OH is 2. The smallest absolute Gasteiger partial charge is 0.258 e. The molecule has 9 nitrogen and oxygen atoms in total. The van der Waals surface area contributed by atoms with Crippen LogP contribution in [0.25, 0.3) is 22.0 Å². The molecule has 0 amide bonds. The molecular formula is C26H26N2O7. The lowest BCUT2D eigenvalue weighted by Gasteiger charge is -2.26. The minimum atomic E-state index is -0.311. The van der Waals surface area contributed by atoms with E-state index in [1.807, 2.05) is 0 Å². The van der Waals surface area contributed by atoms with Gasteiger partial charge in [-0.05, 0) is 41.8 Å². The Morgan fingerprint density at radius 3 is 2.17 bits per heavy atom. The molecular weight excluding hydrogens is 452 g/mol. The van der Waals surface area contributed by atoms with Crippen LogP contribution >= 0.6 is 0 Å². The Balaban J connectivity index is 1.53. The Kier molecular flexibility index (Phi) is 5.57. The number of pyridine rings is 1. The molecule has 1 aliphatic carbocycles. The first kappa shape index (κ1) is 22.2. The number of ether oxygens (including phenoxy) is 3. The summed E-state index contributed by atoms with van der Waals surface area (Å²) in [5, 5.41) is 20.5. The number of benzene rings is 2. The lowest BCUT2D eigenvalue weighted by atomic mass is 9.97. The van der Waals surface area contributed by atoms with Gasteiger partial charge in [0.05, 0.1) is 37.7 Å². The number of hydrogen-bond donors (Lipinski definition) is 2. The van der Waals surface area contributed by atoms with Crippen LogP contribution in [0.2, 0.25) is 0 Å². The highest BCUT2D eigenvalue weighted by molar-refractivity contribution is 6.27. The average Bonchev–Trinajstić information content (AvgIpc) is 3.46. The number of rotatable bonds is 6. The summed E-state index contributed by atoms with van der Waals surface area (Å²) in [6.07, 6.45) is 0.730. The highest BCUT2D eigenvalue weighted by Gasteiger charge is 2.35. The van der Waals surface area contributed by atoms with Crippen molar-refractivity contribution in [3.63, 3.8) is 0 Å². The van der Waals surface area contributed by atoms with Crippen molar-refractivity contribution in [3.8, 4) is 22.8 Å². The Morgan fingerprint density at radius 2 is 1.49 bits per heavy atom. The lowest BCUT2D eigenvalue weighted by molar-refractivity contribution is 0.0369. The quantitative estimate of drug-likeness (QED) is 0.431. The zero-order valence-electron chi connectivity index (χ0n) is 19.2. The van der Waals surface area contributed by atoms with Crippen molar-refractivity contribution in [1.82, 2.24) is 9.47 Å². The fraction of sp³-hybridized carbons (Fsp3) is 0.385. The van der Waals surface area contributed by atoms with Crippen LogP contribution < -0.4 is 15.0 Å². The van der Waals surface area contributed by atoms with E-state index in [4.69, 9.17) is 14.2 Å². The standard InChI is InChI=1S/C26H26N2O7/c29-12-15-8-17-20(9-16(15)13-30)26(32)28(3-1-2-27-4-6-33-7-5-27)24-18-10-21-22(35-14-34-21)11-19(18)25(31)23(17)24/h8-11,29-30H,1-7,12-14H2. The molecule has 1 fully saturated rings. The number of carbonyl (C=O) groups is 1. The molecule has 2 aliphatic heterocycles. The molecule has 0 spiro atoms. The van der Waals surface area contributed by atoms with Gasteiger partial charge in [0.15, 0.2) is 17.3 Å². The van der Waals surface area contributed by atoms with Crippen molar-refractivity contribution in [1.29, 1.82) is 0 Å². The number of carbonyl (C=O) groups excluding carboxylic acids is 1. The van der Waals surface area contributed by atoms with Crippen LogP contribution in [0.3, 0.4) is 0 Å². The van der Waals surface area contributed by atoms with Gasteiger partial charge in [-0.3, -0.25) is 14.5 Å². The minimum absolute atomic E-state index is 0.0904. The maximum atomic E-state index is 13.8. The number of hydrogen-bond acceptors (Lipinski definition) is 8. The number of aromatic nitrogens is 1. The van der Waals surface area contributed by atoms with E-state index in [1.54, 1.807) is 28.8 Å². The first-order valence-electron chi connectivity index (χ1n) is 11.8. The van der Waals surface area contributed by atoms with Gasteiger partial charge in [-0.25, -0.2) is 0 Å². The molecule has 0 unspecified atom stereocenters. The van der Waals surface area contributed by atoms with Crippen LogP contribution in [0, 0.1) is 0 Å². The third-order valence-electron chi connectivity index (χ3n) is 7.13. The molecule has 0 bridgehead atoms. The Hall–Kier alpha value is -3.24. The lowest BCUT2D eigenvalue weighted by Crippen LogP contribution is -2.37. The Morgan fingerprint density at radius 1 is 0.829 bits per heavy atom. The maximum absolute atomic E-state index is 13.8. The van der Waals surface area contributed by atoms with E-state index in [-0.39, 0.29) is 31.3 Å². The first-order chi connectivity index (χ1) is 17.1. The predicted octanol–water partition coefficient (Wildman–Crippen LogP) is 1.65. The number of fused-ring (bicyclic) bond motifs is 6. The zero-order valence-corrected chi connectivity index (χ0v) is 19.2. The van der Waals surface area contributed by atoms with Crippen molar-refractivity contribution < 1.29 is 29.2 Å². The summed E-state index contributed by atoms with van der Waals surface area (Å²) in [5.41, 5.74) is 2.86. The molecule has 3 heterocycles. The summed E-state index contributed by atoms with van der Waals surface area (Å²) >= 11 is 0. The van der Waals surface area contributed by atoms with E-state index in [0.717, 1.165) is 26.1 Å². The van der Waals surface area contributed by atoms with E-state index in [1.165, 1.54) is 0 Å². The van der Waals surface area contributed by atoms with E-state index in [2.05, 4.69) is 4.90 Å². The van der Waals surface area contributed by atoms with Crippen LogP contribution in [-0.2, 0) is 24.5 Å². The molecule has 3 aliphatic rings. The third kappa shape index (κ3) is 3.54. The molecule has 0 saturated carbocycles. The van der Waals surface area contributed by atoms with Crippen molar-refractivity contribution in [3.05, 3.63) is 56.9 Å². The van der Waals surface area contributed by atoms with Gasteiger partial charge in [0.25, 0.3) is 5.56 Å². The third-order valence-corrected chi connectivity index (χ3v) is 7.13. The zero-order chi connectivity index (χ0) is 24.1. The summed E-state index contributed by atoms with van der Waals surface area (Å²) in [4.78, 5) is 29.8. The molecule has 2 aromatic carbocycles. The molecule has 1 aromatic heterocycles. The molecule has 9 heteroatoms. The van der Waals surface area contributed by atoms with Crippen molar-refractivity contribution in [2.45, 2.75) is 26.2 Å². The normalized spacial score (nSPS) is 16.7. The van der Waals surface area contributed by atoms with Crippen molar-refractivity contribution >= 4 is 16.6 Å². The van der Waals surface area contributed by atoms with Gasteiger partial charge >= 0.3 is 0 Å². The van der Waals surface area contributed by atoms with Crippen LogP contribution in [0.4, 0.5) is 0 Å². The Labute approximate surface area is 201 Å². The SMILES string of the molecule is O=C1c2cc3c(cc2-c2c1c1cc(CO)c(CO)cc1c(=O)n2CCCN1CCOCC1)OCO3. The second kappa shape index (κ2) is 8.76. The van der Waals surface area contributed by atoms with Gasteiger partial charge in [-0.15, -0.1) is 0 Å². The van der Waals surface area contributed by atoms with Crippen LogP contribution in [0.5, 0.6) is 11.5 Å². The van der Waals surface area contributed by atoms with Crippen LogP contribution in [-0.4, -0.2) is 65.1 Å². The van der Waals surface area contributed by atoms with E-state index in [0.29, 0.717) is 75.5 Å². The van der Waals surface area contributed by atoms with Crippen molar-refractivity contribution in [2.24, 2.45) is 0 Å². The molecule has 3 aromatic rings. The number of morpholine rings is 1. The fourth-order valence-electron chi connectivity index (χ4n) is 5.34. The monoisotopic (exact) mass is 478 g/mol. The largest absolute Gasteiger partial charge is 0.454 e. The van der Waals surface area contributed by atoms with E-state index < -0.39 is 0 Å². The summed E-state index contributed by atoms with van der Waals surface area (Å²) in [6, 6.07) is 6.72. The number of nitrogens with zero attached hydrogens (tertiary/aromatic N) is 2. The second-order valence-corrected chi connectivity index (χ2v) is 9.05. The van der Waals surface area contributed by atoms with Gasteiger partial charge in [-0.1, -0.05) is 0 Å². The maximum Gasteiger partial charge on any atom is 0.258 e. The fourth-order valence-corrected chi connectivity index (χ4v) is 5.34. The average molecular weight is 479 g/mol. The van der Waals surface area contributed by atoms with Crippen LogP contribution in [0.15, 0.2) is 29.1 Å². The topological polar surface area (TPSA) is 110 Å². The van der Waals surface area contributed by atoms with Gasteiger partial charge in [-0.2, -0.15) is 0 Å². The van der Waals surface area contributed by atoms with Gasteiger partial charge in [0, 0.05) is 48.1 Å². The van der Waals surface area contributed by atoms with Crippen LogP contribution in [0.1, 0.15) is 33.5 Å². The molecule has 2 N–H and O–H groups in total. The molecule has 6 rings (SSSR count). The summed E-state index contributed by atoms with van der Waals surface area (Å²) in [5.74, 6) is 0.860. The number of aliphatic hydroxyl groups is 2. The summed E-state index contributed by atoms with van der Waals surface area (Å²) in [7, 11) is 0. The second-order valence-electron chi connectivity index (χ2n) is 9.05. The number of ketones is 1. The molecule has 35 heavy (non-hydrogen) atoms. The van der Waals surface area contributed by atoms with E-state index in [9.17, 15) is 19.8 Å². The molecule has 182 valence electrons. The van der Waals surface area contributed by atoms with Gasteiger partial charge in [0.1, 0.15) is 0 Å². The predicted molar refractivity (Wildman–Crippen MR) is 127 cm³/mol. The molecule has 0 atom stereocenters. The molecule has 0 radical (unpaired) electrons. The summed E-state index contributed by atoms with van der Waals surface area (Å²) < 4.78 is 18.2. The summed E-state index contributed by atoms with van der Waals surface area (Å²) in [6.45, 7) is 3.86. The van der Waals surface area contributed by atoms with Gasteiger partial charge in [0.2, 0.25) is 6.79 Å². The minimum Gasteiger partial charge on any atom is -0.454 e. The molecule has 1 saturated heterocycles. The first-order valence-corrected chi connectivity index (χ1v) is 11.8. The highest BCUT2D eigenvalue weighted by atomic mass is 16.7.